The van der Waals surface area contributed by atoms with E-state index in [2.05, 4.69) is 13.5 Å². The van der Waals surface area contributed by atoms with E-state index in [1.54, 1.807) is 6.08 Å². The van der Waals surface area contributed by atoms with Crippen LogP contribution in [0.2, 0.25) is 0 Å². The number of aliphatic hydroxyl groups is 2. The third-order valence-electron chi connectivity index (χ3n) is 6.10. The van der Waals surface area contributed by atoms with Gasteiger partial charge in [0.2, 0.25) is 0 Å². The molecule has 22 heavy (non-hydrogen) atoms. The molecule has 0 saturated heterocycles. The van der Waals surface area contributed by atoms with Gasteiger partial charge in [-0.15, -0.1) is 6.58 Å². The Labute approximate surface area is 132 Å². The van der Waals surface area contributed by atoms with E-state index in [1.807, 2.05) is 26.0 Å². The Hall–Kier alpha value is -1.19. The quantitative estimate of drug-likeness (QED) is 0.732. The fraction of sp³-hybridized carbons (Fsp3) is 0.632. The van der Waals surface area contributed by atoms with Crippen LogP contribution in [0.4, 0.5) is 0 Å². The second-order valence-electron chi connectivity index (χ2n) is 8.09. The first kappa shape index (κ1) is 15.7. The summed E-state index contributed by atoms with van der Waals surface area (Å²) < 4.78 is 0. The molecule has 3 heteroatoms. The molecule has 120 valence electrons. The molecule has 0 aromatic rings. The van der Waals surface area contributed by atoms with Crippen LogP contribution >= 0.6 is 0 Å². The third kappa shape index (κ3) is 1.99. The molecule has 0 aromatic carbocycles. The monoisotopic (exact) mass is 302 g/mol. The van der Waals surface area contributed by atoms with Crippen molar-refractivity contribution in [3.63, 3.8) is 0 Å². The number of hydrogen-bond donors (Lipinski definition) is 2. The van der Waals surface area contributed by atoms with Crippen LogP contribution in [0.5, 0.6) is 0 Å². The van der Waals surface area contributed by atoms with E-state index >= 15 is 0 Å². The molecule has 0 heterocycles. The highest BCUT2D eigenvalue weighted by molar-refractivity contribution is 6.07. The Morgan fingerprint density at radius 2 is 1.95 bits per heavy atom. The van der Waals surface area contributed by atoms with Gasteiger partial charge in [0.15, 0.2) is 5.78 Å². The van der Waals surface area contributed by atoms with E-state index in [4.69, 9.17) is 0 Å². The molecule has 0 bridgehead atoms. The van der Waals surface area contributed by atoms with Gasteiger partial charge in [0.1, 0.15) is 5.60 Å². The van der Waals surface area contributed by atoms with E-state index in [-0.39, 0.29) is 22.5 Å². The van der Waals surface area contributed by atoms with Gasteiger partial charge in [-0.3, -0.25) is 4.79 Å². The Balaban J connectivity index is 2.18. The van der Waals surface area contributed by atoms with E-state index in [0.717, 1.165) is 12.8 Å². The first-order chi connectivity index (χ1) is 10.1. The average molecular weight is 302 g/mol. The number of aliphatic hydroxyl groups excluding tert-OH is 1. The molecule has 3 rings (SSSR count). The number of allylic oxidation sites excluding steroid dienone is 3. The minimum absolute atomic E-state index is 0.0142. The van der Waals surface area contributed by atoms with Gasteiger partial charge in [-0.25, -0.2) is 0 Å². The van der Waals surface area contributed by atoms with Gasteiger partial charge in [-0.1, -0.05) is 32.9 Å². The van der Waals surface area contributed by atoms with Crippen molar-refractivity contribution in [3.05, 3.63) is 36.0 Å². The zero-order valence-corrected chi connectivity index (χ0v) is 13.7. The molecule has 4 atom stereocenters. The standard InChI is InChI=1S/C19H26O3/c1-5-18(4)9-6-13-12(11-18)14(20)10-15-17(2,3)8-7-16(21)19(13,15)22/h5,10-11,13,16,21-22H,1,6-9H2,2-4H3. The summed E-state index contributed by atoms with van der Waals surface area (Å²) in [5, 5.41) is 22.0. The first-order valence-electron chi connectivity index (χ1n) is 8.18. The fourth-order valence-corrected chi connectivity index (χ4v) is 4.52. The topological polar surface area (TPSA) is 57.5 Å². The average Bonchev–Trinajstić information content (AvgIpc) is 2.47. The third-order valence-corrected chi connectivity index (χ3v) is 6.10. The van der Waals surface area contributed by atoms with Crippen LogP contribution in [0.25, 0.3) is 0 Å². The molecule has 0 radical (unpaired) electrons. The van der Waals surface area contributed by atoms with Crippen molar-refractivity contribution >= 4 is 5.78 Å². The predicted molar refractivity (Wildman–Crippen MR) is 86.2 cm³/mol. The lowest BCUT2D eigenvalue weighted by Gasteiger charge is -2.54. The molecule has 3 aliphatic rings. The molecule has 0 amide bonds. The van der Waals surface area contributed by atoms with Crippen molar-refractivity contribution in [3.8, 4) is 0 Å². The van der Waals surface area contributed by atoms with E-state index in [0.29, 0.717) is 24.0 Å². The number of fused-ring (bicyclic) bond motifs is 3. The van der Waals surface area contributed by atoms with Gasteiger partial charge in [-0.05, 0) is 42.7 Å². The van der Waals surface area contributed by atoms with E-state index < -0.39 is 11.7 Å². The first-order valence-corrected chi connectivity index (χ1v) is 8.18. The van der Waals surface area contributed by atoms with Crippen molar-refractivity contribution < 1.29 is 15.0 Å². The molecule has 0 spiro atoms. The van der Waals surface area contributed by atoms with Crippen molar-refractivity contribution in [1.82, 2.24) is 0 Å². The lowest BCUT2D eigenvalue weighted by Crippen LogP contribution is -2.60. The molecule has 4 unspecified atom stereocenters. The molecule has 2 N–H and O–H groups in total. The SMILES string of the molecule is C=CC1(C)C=C2C(=O)C=C3C(C)(C)CCC(O)C3(O)C2CC1. The van der Waals surface area contributed by atoms with E-state index in [9.17, 15) is 15.0 Å². The highest BCUT2D eigenvalue weighted by Gasteiger charge is 2.58. The Morgan fingerprint density at radius 1 is 1.27 bits per heavy atom. The zero-order valence-electron chi connectivity index (χ0n) is 13.7. The molecule has 0 aromatic heterocycles. The zero-order chi connectivity index (χ0) is 16.3. The summed E-state index contributed by atoms with van der Waals surface area (Å²) in [6.07, 6.45) is 7.48. The van der Waals surface area contributed by atoms with Gasteiger partial charge in [0.05, 0.1) is 6.10 Å². The summed E-state index contributed by atoms with van der Waals surface area (Å²) in [6.45, 7) is 10.0. The Morgan fingerprint density at radius 3 is 2.59 bits per heavy atom. The summed E-state index contributed by atoms with van der Waals surface area (Å²) in [5.41, 5.74) is -0.402. The summed E-state index contributed by atoms with van der Waals surface area (Å²) in [5.74, 6) is -0.317. The summed E-state index contributed by atoms with van der Waals surface area (Å²) >= 11 is 0. The number of hydrogen-bond acceptors (Lipinski definition) is 3. The lowest BCUT2D eigenvalue weighted by atomic mass is 9.53. The molecular formula is C19H26O3. The second kappa shape index (κ2) is 4.65. The molecule has 0 aliphatic heterocycles. The van der Waals surface area contributed by atoms with Crippen LogP contribution in [0.15, 0.2) is 36.0 Å². The van der Waals surface area contributed by atoms with Gasteiger partial charge in [-0.2, -0.15) is 0 Å². The highest BCUT2D eigenvalue weighted by atomic mass is 16.3. The number of carbonyl (C=O) groups is 1. The minimum atomic E-state index is -1.30. The van der Waals surface area contributed by atoms with Crippen molar-refractivity contribution in [2.75, 3.05) is 0 Å². The van der Waals surface area contributed by atoms with Crippen LogP contribution in [-0.4, -0.2) is 27.7 Å². The lowest BCUT2D eigenvalue weighted by molar-refractivity contribution is -0.130. The smallest absolute Gasteiger partial charge is 0.182 e. The number of carbonyl (C=O) groups excluding carboxylic acids is 1. The van der Waals surface area contributed by atoms with Gasteiger partial charge in [0, 0.05) is 16.9 Å². The number of rotatable bonds is 1. The van der Waals surface area contributed by atoms with Gasteiger partial charge >= 0.3 is 0 Å². The maximum atomic E-state index is 12.7. The Kier molecular flexibility index (Phi) is 3.32. The maximum absolute atomic E-state index is 12.7. The summed E-state index contributed by atoms with van der Waals surface area (Å²) in [6, 6.07) is 0. The minimum Gasteiger partial charge on any atom is -0.390 e. The molecular weight excluding hydrogens is 276 g/mol. The maximum Gasteiger partial charge on any atom is 0.182 e. The molecule has 3 aliphatic carbocycles. The normalized spacial score (nSPS) is 43.6. The number of ketones is 1. The van der Waals surface area contributed by atoms with Crippen LogP contribution in [0.3, 0.4) is 0 Å². The van der Waals surface area contributed by atoms with E-state index in [1.165, 1.54) is 0 Å². The molecule has 1 fully saturated rings. The fourth-order valence-electron chi connectivity index (χ4n) is 4.52. The van der Waals surface area contributed by atoms with Crippen molar-refractivity contribution in [1.29, 1.82) is 0 Å². The molecule has 1 saturated carbocycles. The van der Waals surface area contributed by atoms with Crippen molar-refractivity contribution in [2.24, 2.45) is 16.7 Å². The van der Waals surface area contributed by atoms with Crippen molar-refractivity contribution in [2.45, 2.75) is 58.2 Å². The summed E-state index contributed by atoms with van der Waals surface area (Å²) in [7, 11) is 0. The van der Waals surface area contributed by atoms with Crippen LogP contribution in [0, 0.1) is 16.7 Å². The summed E-state index contributed by atoms with van der Waals surface area (Å²) in [4.78, 5) is 12.7. The van der Waals surface area contributed by atoms with Crippen LogP contribution < -0.4 is 0 Å². The largest absolute Gasteiger partial charge is 0.390 e. The molecule has 3 nitrogen and oxygen atoms in total. The van der Waals surface area contributed by atoms with Crippen LogP contribution in [0.1, 0.15) is 46.5 Å². The predicted octanol–water partition coefficient (Wildman–Crippen LogP) is 2.94. The van der Waals surface area contributed by atoms with Gasteiger partial charge in [0.25, 0.3) is 0 Å². The van der Waals surface area contributed by atoms with Gasteiger partial charge < -0.3 is 10.2 Å². The second-order valence-corrected chi connectivity index (χ2v) is 8.09. The van der Waals surface area contributed by atoms with Crippen LogP contribution in [-0.2, 0) is 4.79 Å². The highest BCUT2D eigenvalue weighted by Crippen LogP contribution is 2.56. The Bertz CT molecular complexity index is 598.